The van der Waals surface area contributed by atoms with Crippen molar-refractivity contribution in [1.29, 1.82) is 5.41 Å². The van der Waals surface area contributed by atoms with Crippen LogP contribution in [0.4, 0.5) is 15.9 Å². The maximum absolute atomic E-state index is 14.6. The summed E-state index contributed by atoms with van der Waals surface area (Å²) in [4.78, 5) is 6.53. The molecule has 1 atom stereocenters. The second-order valence-electron chi connectivity index (χ2n) is 7.44. The van der Waals surface area contributed by atoms with E-state index in [2.05, 4.69) is 15.0 Å². The fourth-order valence-corrected chi connectivity index (χ4v) is 4.32. The fraction of sp³-hybridized carbons (Fsp3) is 0.286. The van der Waals surface area contributed by atoms with E-state index in [0.29, 0.717) is 42.9 Å². The maximum Gasteiger partial charge on any atom is 0.147 e. The molecule has 3 heterocycles. The molecule has 0 bridgehead atoms. The largest absolute Gasteiger partial charge is 0.396 e. The molecule has 3 aromatic rings. The standard InChI is InChI=1S/C21H24FN7OS/c1-27-13-16(12-26-27)15-9-17(21(24)18(22)10-15)20(23)14-3-4-25-19(11-14)28-5-7-29(8-6-28)31(2)30/h3-4,9-13,23H,5-8,24H2,1-2H3. The molecule has 0 saturated carbocycles. The zero-order chi connectivity index (χ0) is 22.1. The fourth-order valence-electron chi connectivity index (χ4n) is 3.64. The average Bonchev–Trinajstić information content (AvgIpc) is 3.21. The van der Waals surface area contributed by atoms with Gasteiger partial charge in [-0.15, -0.1) is 0 Å². The van der Waals surface area contributed by atoms with Gasteiger partial charge in [0, 0.05) is 68.6 Å². The number of nitrogens with zero attached hydrogens (tertiary/aromatic N) is 5. The predicted octanol–water partition coefficient (Wildman–Crippen LogP) is 2.04. The van der Waals surface area contributed by atoms with Crippen LogP contribution in [0.15, 0.2) is 42.9 Å². The molecule has 31 heavy (non-hydrogen) atoms. The van der Waals surface area contributed by atoms with Crippen molar-refractivity contribution in [3.8, 4) is 11.1 Å². The number of anilines is 2. The molecule has 3 N–H and O–H groups in total. The highest BCUT2D eigenvalue weighted by Crippen LogP contribution is 2.28. The third-order valence-electron chi connectivity index (χ3n) is 5.40. The van der Waals surface area contributed by atoms with Gasteiger partial charge < -0.3 is 10.6 Å². The zero-order valence-corrected chi connectivity index (χ0v) is 18.2. The number of rotatable bonds is 5. The first-order valence-electron chi connectivity index (χ1n) is 9.80. The molecule has 1 aromatic carbocycles. The normalized spacial score (nSPS) is 15.8. The van der Waals surface area contributed by atoms with Gasteiger partial charge >= 0.3 is 0 Å². The molecule has 1 aliphatic heterocycles. The number of hydrogen-bond acceptors (Lipinski definition) is 6. The summed E-state index contributed by atoms with van der Waals surface area (Å²) in [5.41, 5.74) is 8.34. The lowest BCUT2D eigenvalue weighted by Crippen LogP contribution is -2.47. The summed E-state index contributed by atoms with van der Waals surface area (Å²) in [6.07, 6.45) is 6.75. The lowest BCUT2D eigenvalue weighted by molar-refractivity contribution is 0.411. The highest BCUT2D eigenvalue weighted by Gasteiger charge is 2.21. The highest BCUT2D eigenvalue weighted by atomic mass is 32.2. The number of nitrogen functional groups attached to an aromatic ring is 1. The van der Waals surface area contributed by atoms with Gasteiger partial charge in [-0.2, -0.15) is 5.10 Å². The molecule has 1 aliphatic rings. The van der Waals surface area contributed by atoms with Crippen molar-refractivity contribution in [3.05, 3.63) is 59.8 Å². The third kappa shape index (κ3) is 4.35. The number of hydrogen-bond donors (Lipinski definition) is 2. The SMILES string of the molecule is Cn1cc(-c2cc(F)c(N)c(C(=N)c3ccnc(N4CCN(S(C)=O)CC4)c3)c2)cn1. The first-order valence-corrected chi connectivity index (χ1v) is 11.3. The second kappa shape index (κ2) is 8.56. The van der Waals surface area contributed by atoms with Crippen LogP contribution in [0.1, 0.15) is 11.1 Å². The van der Waals surface area contributed by atoms with Crippen molar-refractivity contribution in [2.45, 2.75) is 0 Å². The maximum atomic E-state index is 14.6. The van der Waals surface area contributed by atoms with Crippen LogP contribution >= 0.6 is 0 Å². The summed E-state index contributed by atoms with van der Waals surface area (Å²) >= 11 is 0. The minimum Gasteiger partial charge on any atom is -0.396 e. The molecule has 162 valence electrons. The van der Waals surface area contributed by atoms with Crippen LogP contribution in [0.5, 0.6) is 0 Å². The van der Waals surface area contributed by atoms with Crippen LogP contribution in [0.25, 0.3) is 11.1 Å². The lowest BCUT2D eigenvalue weighted by Gasteiger charge is -2.33. The molecule has 0 amide bonds. The minimum atomic E-state index is -0.985. The highest BCUT2D eigenvalue weighted by molar-refractivity contribution is 7.81. The molecule has 4 rings (SSSR count). The van der Waals surface area contributed by atoms with E-state index in [1.165, 1.54) is 6.07 Å². The van der Waals surface area contributed by atoms with Gasteiger partial charge in [0.25, 0.3) is 0 Å². The van der Waals surface area contributed by atoms with E-state index >= 15 is 0 Å². The van der Waals surface area contributed by atoms with Crippen molar-refractivity contribution in [2.24, 2.45) is 7.05 Å². The summed E-state index contributed by atoms with van der Waals surface area (Å²) in [7, 11) is 0.803. The number of nitrogens with one attached hydrogen (secondary N) is 1. The third-order valence-corrected chi connectivity index (χ3v) is 6.49. The van der Waals surface area contributed by atoms with Crippen LogP contribution in [0, 0.1) is 11.2 Å². The molecular weight excluding hydrogens is 417 g/mol. The number of aromatic nitrogens is 3. The average molecular weight is 442 g/mol. The Morgan fingerprint density at radius 3 is 2.58 bits per heavy atom. The number of piperazine rings is 1. The van der Waals surface area contributed by atoms with Crippen LogP contribution in [-0.4, -0.2) is 61.4 Å². The van der Waals surface area contributed by atoms with Gasteiger partial charge in [0.05, 0.1) is 28.6 Å². The van der Waals surface area contributed by atoms with Gasteiger partial charge in [-0.1, -0.05) is 0 Å². The van der Waals surface area contributed by atoms with E-state index in [1.54, 1.807) is 48.7 Å². The van der Waals surface area contributed by atoms with Crippen LogP contribution in [-0.2, 0) is 18.0 Å². The number of halogens is 1. The summed E-state index contributed by atoms with van der Waals surface area (Å²) in [5, 5.41) is 12.8. The van der Waals surface area contributed by atoms with Crippen LogP contribution < -0.4 is 10.6 Å². The Kier molecular flexibility index (Phi) is 5.84. The molecule has 1 saturated heterocycles. The Morgan fingerprint density at radius 1 is 1.19 bits per heavy atom. The number of pyridine rings is 1. The quantitative estimate of drug-likeness (QED) is 0.466. The molecular formula is C21H24FN7OS. The summed E-state index contributed by atoms with van der Waals surface area (Å²) in [5.74, 6) is 0.158. The van der Waals surface area contributed by atoms with Crippen LogP contribution in [0.3, 0.4) is 0 Å². The van der Waals surface area contributed by atoms with Crippen molar-refractivity contribution >= 4 is 28.2 Å². The molecule has 1 unspecified atom stereocenters. The Labute approximate surface area is 182 Å². The second-order valence-corrected chi connectivity index (χ2v) is 8.80. The molecule has 0 radical (unpaired) electrons. The number of aryl methyl sites for hydroxylation is 1. The number of nitrogens with two attached hydrogens (primary N) is 1. The van der Waals surface area contributed by atoms with E-state index in [1.807, 2.05) is 10.4 Å². The molecule has 1 fully saturated rings. The van der Waals surface area contributed by atoms with E-state index in [4.69, 9.17) is 11.1 Å². The first-order chi connectivity index (χ1) is 14.8. The van der Waals surface area contributed by atoms with Gasteiger partial charge in [-0.05, 0) is 29.8 Å². The topological polar surface area (TPSA) is 104 Å². The first kappa shape index (κ1) is 21.1. The lowest BCUT2D eigenvalue weighted by atomic mass is 9.97. The summed E-state index contributed by atoms with van der Waals surface area (Å²) in [6, 6.07) is 6.61. The van der Waals surface area contributed by atoms with Crippen molar-refractivity contribution in [2.75, 3.05) is 43.1 Å². The van der Waals surface area contributed by atoms with E-state index in [0.717, 1.165) is 11.4 Å². The van der Waals surface area contributed by atoms with Gasteiger partial charge in [0.1, 0.15) is 11.6 Å². The summed E-state index contributed by atoms with van der Waals surface area (Å²) < 4.78 is 29.8. The molecule has 0 spiro atoms. The van der Waals surface area contributed by atoms with E-state index < -0.39 is 16.8 Å². The van der Waals surface area contributed by atoms with Gasteiger partial charge in [-0.25, -0.2) is 17.9 Å². The molecule has 2 aromatic heterocycles. The minimum absolute atomic E-state index is 0.0601. The van der Waals surface area contributed by atoms with E-state index in [-0.39, 0.29) is 11.4 Å². The van der Waals surface area contributed by atoms with Gasteiger partial charge in [0.2, 0.25) is 0 Å². The predicted molar refractivity (Wildman–Crippen MR) is 121 cm³/mol. The monoisotopic (exact) mass is 441 g/mol. The Morgan fingerprint density at radius 2 is 1.94 bits per heavy atom. The summed E-state index contributed by atoms with van der Waals surface area (Å²) in [6.45, 7) is 2.74. The van der Waals surface area contributed by atoms with E-state index in [9.17, 15) is 8.60 Å². The smallest absolute Gasteiger partial charge is 0.147 e. The van der Waals surface area contributed by atoms with Crippen molar-refractivity contribution in [1.82, 2.24) is 19.1 Å². The van der Waals surface area contributed by atoms with Crippen LogP contribution in [0.2, 0.25) is 0 Å². The zero-order valence-electron chi connectivity index (χ0n) is 17.4. The Balaban J connectivity index is 1.62. The number of benzene rings is 1. The van der Waals surface area contributed by atoms with Gasteiger partial charge in [-0.3, -0.25) is 10.1 Å². The van der Waals surface area contributed by atoms with Crippen molar-refractivity contribution in [3.63, 3.8) is 0 Å². The molecule has 8 nitrogen and oxygen atoms in total. The Bertz CT molecular complexity index is 1150. The molecule has 10 heteroatoms. The molecule has 0 aliphatic carbocycles. The van der Waals surface area contributed by atoms with Gasteiger partial charge in [0.15, 0.2) is 0 Å². The van der Waals surface area contributed by atoms with Crippen molar-refractivity contribution < 1.29 is 8.60 Å². The Hall–Kier alpha value is -3.11.